The molecule has 0 aliphatic rings. The van der Waals surface area contributed by atoms with Crippen LogP contribution >= 0.6 is 0 Å². The molecule has 30 heavy (non-hydrogen) atoms. The zero-order valence-corrected chi connectivity index (χ0v) is 16.6. The minimum absolute atomic E-state index is 0.00608. The number of hydrogen-bond donors (Lipinski definition) is 1. The van der Waals surface area contributed by atoms with E-state index in [1.54, 1.807) is 6.92 Å². The molecule has 0 fully saturated rings. The maximum Gasteiger partial charge on any atom is 0.233 e. The van der Waals surface area contributed by atoms with Crippen LogP contribution in [0.3, 0.4) is 0 Å². The standard InChI is InChI=1S/C23H24N2O5/c1-17(24-16-26)23(19-9-3-2-4-10-19)30-20(14-25(27)28)15-29-22-13-7-11-18-8-5-6-12-21(18)22/h2-13,16-17,20,23H,14-15H2,1H3,(H,24,26)/t17-,20-,23-/m0/s1. The molecule has 1 N–H and O–H groups in total. The topological polar surface area (TPSA) is 90.7 Å². The van der Waals surface area contributed by atoms with Gasteiger partial charge in [0.15, 0.2) is 6.10 Å². The van der Waals surface area contributed by atoms with Gasteiger partial charge in [-0.25, -0.2) is 0 Å². The van der Waals surface area contributed by atoms with E-state index in [2.05, 4.69) is 5.32 Å². The predicted octanol–water partition coefficient (Wildman–Crippen LogP) is 3.76. The van der Waals surface area contributed by atoms with Crippen molar-refractivity contribution in [1.29, 1.82) is 0 Å². The van der Waals surface area contributed by atoms with E-state index in [1.807, 2.05) is 72.8 Å². The summed E-state index contributed by atoms with van der Waals surface area (Å²) in [5.41, 5.74) is 0.817. The summed E-state index contributed by atoms with van der Waals surface area (Å²) in [6, 6.07) is 22.4. The molecule has 3 rings (SSSR count). The molecule has 0 bridgehead atoms. The smallest absolute Gasteiger partial charge is 0.233 e. The van der Waals surface area contributed by atoms with E-state index in [4.69, 9.17) is 9.47 Å². The number of fused-ring (bicyclic) bond motifs is 1. The quantitative estimate of drug-likeness (QED) is 0.296. The lowest BCUT2D eigenvalue weighted by molar-refractivity contribution is -0.493. The van der Waals surface area contributed by atoms with Crippen molar-refractivity contribution < 1.29 is 19.2 Å². The fourth-order valence-electron chi connectivity index (χ4n) is 3.34. The number of nitrogens with zero attached hydrogens (tertiary/aromatic N) is 1. The highest BCUT2D eigenvalue weighted by molar-refractivity contribution is 5.88. The van der Waals surface area contributed by atoms with Crippen LogP contribution in [0, 0.1) is 10.1 Å². The van der Waals surface area contributed by atoms with Crippen molar-refractivity contribution in [3.8, 4) is 5.75 Å². The Bertz CT molecular complexity index is 974. The molecule has 1 amide bonds. The molecule has 0 saturated carbocycles. The highest BCUT2D eigenvalue weighted by Gasteiger charge is 2.27. The average molecular weight is 408 g/mol. The number of carbonyl (C=O) groups excluding carboxylic acids is 1. The van der Waals surface area contributed by atoms with Crippen molar-refractivity contribution >= 4 is 17.2 Å². The molecule has 0 aromatic heterocycles. The van der Waals surface area contributed by atoms with Crippen LogP contribution in [0.25, 0.3) is 10.8 Å². The normalized spacial score (nSPS) is 13.9. The zero-order valence-electron chi connectivity index (χ0n) is 16.6. The number of ether oxygens (including phenoxy) is 2. The van der Waals surface area contributed by atoms with E-state index < -0.39 is 23.7 Å². The van der Waals surface area contributed by atoms with Crippen LogP contribution in [0.1, 0.15) is 18.6 Å². The van der Waals surface area contributed by atoms with Gasteiger partial charge in [-0.2, -0.15) is 0 Å². The van der Waals surface area contributed by atoms with Gasteiger partial charge >= 0.3 is 0 Å². The molecule has 0 aliphatic heterocycles. The van der Waals surface area contributed by atoms with E-state index in [0.29, 0.717) is 12.2 Å². The maximum atomic E-state index is 11.2. The lowest BCUT2D eigenvalue weighted by atomic mass is 10.0. The summed E-state index contributed by atoms with van der Waals surface area (Å²) in [5, 5.41) is 15.9. The van der Waals surface area contributed by atoms with Crippen molar-refractivity contribution in [1.82, 2.24) is 5.32 Å². The Morgan fingerprint density at radius 2 is 1.73 bits per heavy atom. The minimum Gasteiger partial charge on any atom is -0.490 e. The zero-order chi connectivity index (χ0) is 21.3. The second-order valence-corrected chi connectivity index (χ2v) is 6.97. The summed E-state index contributed by atoms with van der Waals surface area (Å²) in [7, 11) is 0. The van der Waals surface area contributed by atoms with Gasteiger partial charge in [0.2, 0.25) is 13.0 Å². The molecule has 0 aliphatic carbocycles. The minimum atomic E-state index is -0.805. The van der Waals surface area contributed by atoms with Gasteiger partial charge < -0.3 is 14.8 Å². The molecule has 3 aromatic rings. The third kappa shape index (κ3) is 5.55. The van der Waals surface area contributed by atoms with Gasteiger partial charge in [0.25, 0.3) is 0 Å². The molecule has 7 nitrogen and oxygen atoms in total. The first-order valence-corrected chi connectivity index (χ1v) is 9.71. The van der Waals surface area contributed by atoms with E-state index in [9.17, 15) is 14.9 Å². The number of nitro groups is 1. The number of hydrogen-bond acceptors (Lipinski definition) is 5. The largest absolute Gasteiger partial charge is 0.490 e. The van der Waals surface area contributed by atoms with Crippen LogP contribution in [0.15, 0.2) is 72.8 Å². The van der Waals surface area contributed by atoms with Crippen LogP contribution in [0.2, 0.25) is 0 Å². The molecule has 0 saturated heterocycles. The second-order valence-electron chi connectivity index (χ2n) is 6.97. The first-order chi connectivity index (χ1) is 14.6. The number of rotatable bonds is 11. The molecular formula is C23H24N2O5. The second kappa shape index (κ2) is 10.4. The van der Waals surface area contributed by atoms with Crippen molar-refractivity contribution in [3.05, 3.63) is 88.5 Å². The summed E-state index contributed by atoms with van der Waals surface area (Å²) in [5.74, 6) is 0.639. The van der Waals surface area contributed by atoms with E-state index in [1.165, 1.54) is 0 Å². The van der Waals surface area contributed by atoms with Gasteiger partial charge in [-0.05, 0) is 23.9 Å². The van der Waals surface area contributed by atoms with Crippen LogP contribution in [-0.2, 0) is 9.53 Å². The third-order valence-corrected chi connectivity index (χ3v) is 4.78. The van der Waals surface area contributed by atoms with E-state index >= 15 is 0 Å². The van der Waals surface area contributed by atoms with Crippen molar-refractivity contribution in [3.63, 3.8) is 0 Å². The predicted molar refractivity (Wildman–Crippen MR) is 114 cm³/mol. The summed E-state index contributed by atoms with van der Waals surface area (Å²) in [6.07, 6.45) is -0.767. The molecular weight excluding hydrogens is 384 g/mol. The Morgan fingerprint density at radius 1 is 1.03 bits per heavy atom. The number of benzene rings is 3. The van der Waals surface area contributed by atoms with E-state index in [0.717, 1.165) is 16.3 Å². The summed E-state index contributed by atoms with van der Waals surface area (Å²) in [4.78, 5) is 21.8. The molecule has 3 atom stereocenters. The highest BCUT2D eigenvalue weighted by Crippen LogP contribution is 2.27. The molecule has 0 unspecified atom stereocenters. The lowest BCUT2D eigenvalue weighted by Crippen LogP contribution is -2.38. The van der Waals surface area contributed by atoms with Gasteiger partial charge in [0, 0.05) is 10.3 Å². The molecule has 3 aromatic carbocycles. The summed E-state index contributed by atoms with van der Waals surface area (Å²) >= 11 is 0. The Kier molecular flexibility index (Phi) is 7.34. The summed E-state index contributed by atoms with van der Waals surface area (Å²) < 4.78 is 12.0. The molecule has 0 heterocycles. The third-order valence-electron chi connectivity index (χ3n) is 4.78. The van der Waals surface area contributed by atoms with Crippen molar-refractivity contribution in [2.24, 2.45) is 0 Å². The maximum absolute atomic E-state index is 11.2. The van der Waals surface area contributed by atoms with Gasteiger partial charge in [-0.1, -0.05) is 66.7 Å². The fraction of sp³-hybridized carbons (Fsp3) is 0.261. The Balaban J connectivity index is 1.80. The van der Waals surface area contributed by atoms with Crippen molar-refractivity contribution in [2.75, 3.05) is 13.2 Å². The van der Waals surface area contributed by atoms with Crippen LogP contribution in [0.5, 0.6) is 5.75 Å². The average Bonchev–Trinajstić information content (AvgIpc) is 2.76. The van der Waals surface area contributed by atoms with Crippen LogP contribution < -0.4 is 10.1 Å². The van der Waals surface area contributed by atoms with Crippen molar-refractivity contribution in [2.45, 2.75) is 25.2 Å². The molecule has 0 radical (unpaired) electrons. The molecule has 156 valence electrons. The molecule has 7 heteroatoms. The molecule has 0 spiro atoms. The first kappa shape index (κ1) is 21.3. The Morgan fingerprint density at radius 3 is 2.47 bits per heavy atom. The van der Waals surface area contributed by atoms with Crippen LogP contribution in [0.4, 0.5) is 0 Å². The van der Waals surface area contributed by atoms with Gasteiger partial charge in [0.05, 0.1) is 6.04 Å². The number of amides is 1. The SMILES string of the molecule is C[C@H](NC=O)[C@H](O[C@H](COc1cccc2ccccc12)C[N+](=O)[O-])c1ccccc1. The van der Waals surface area contributed by atoms with Gasteiger partial charge in [-0.3, -0.25) is 14.9 Å². The monoisotopic (exact) mass is 408 g/mol. The summed E-state index contributed by atoms with van der Waals surface area (Å²) in [6.45, 7) is 1.38. The first-order valence-electron chi connectivity index (χ1n) is 9.71. The van der Waals surface area contributed by atoms with E-state index in [-0.39, 0.29) is 12.6 Å². The van der Waals surface area contributed by atoms with Gasteiger partial charge in [0.1, 0.15) is 18.5 Å². The number of carbonyl (C=O) groups is 1. The highest BCUT2D eigenvalue weighted by atomic mass is 16.6. The van der Waals surface area contributed by atoms with Gasteiger partial charge in [-0.15, -0.1) is 0 Å². The fourth-order valence-corrected chi connectivity index (χ4v) is 3.34. The van der Waals surface area contributed by atoms with Crippen LogP contribution in [-0.4, -0.2) is 36.6 Å². The Labute approximate surface area is 174 Å². The lowest BCUT2D eigenvalue weighted by Gasteiger charge is -2.28. The Hall–Kier alpha value is -3.45. The number of nitrogens with one attached hydrogen (secondary N) is 1.